The Balaban J connectivity index is 2.29. The van der Waals surface area contributed by atoms with E-state index in [1.54, 1.807) is 12.1 Å². The van der Waals surface area contributed by atoms with Crippen LogP contribution in [-0.2, 0) is 6.42 Å². The second kappa shape index (κ2) is 6.26. The van der Waals surface area contributed by atoms with Crippen molar-refractivity contribution in [2.24, 2.45) is 5.84 Å². The first-order valence-corrected chi connectivity index (χ1v) is 6.62. The smallest absolute Gasteiger partial charge is 0.0521 e. The van der Waals surface area contributed by atoms with Crippen LogP contribution in [0.1, 0.15) is 17.2 Å². The van der Waals surface area contributed by atoms with Gasteiger partial charge in [0.05, 0.1) is 6.04 Å². The Hall–Kier alpha value is -1.26. The monoisotopic (exact) mass is 295 g/mol. The molecule has 5 heteroatoms. The molecule has 0 spiro atoms. The van der Waals surface area contributed by atoms with Gasteiger partial charge >= 0.3 is 0 Å². The maximum absolute atomic E-state index is 6.17. The Bertz CT molecular complexity index is 572. The minimum Gasteiger partial charge on any atom is -0.398 e. The van der Waals surface area contributed by atoms with Crippen molar-refractivity contribution in [3.63, 3.8) is 0 Å². The number of rotatable bonds is 4. The van der Waals surface area contributed by atoms with Gasteiger partial charge in [0.15, 0.2) is 0 Å². The van der Waals surface area contributed by atoms with Crippen LogP contribution in [0.15, 0.2) is 42.5 Å². The van der Waals surface area contributed by atoms with Crippen LogP contribution < -0.4 is 17.0 Å². The lowest BCUT2D eigenvalue weighted by Crippen LogP contribution is -2.30. The minimum atomic E-state index is -0.114. The van der Waals surface area contributed by atoms with E-state index in [9.17, 15) is 0 Å². The van der Waals surface area contributed by atoms with Crippen LogP contribution >= 0.6 is 23.2 Å². The molecule has 100 valence electrons. The molecular weight excluding hydrogens is 281 g/mol. The number of nitrogen functional groups attached to an aromatic ring is 1. The molecule has 1 unspecified atom stereocenters. The molecule has 0 radical (unpaired) electrons. The van der Waals surface area contributed by atoms with Gasteiger partial charge in [0.1, 0.15) is 0 Å². The third-order valence-electron chi connectivity index (χ3n) is 3.00. The molecular formula is C14H15Cl2N3. The quantitative estimate of drug-likeness (QED) is 0.461. The van der Waals surface area contributed by atoms with Crippen molar-refractivity contribution < 1.29 is 0 Å². The van der Waals surface area contributed by atoms with Crippen molar-refractivity contribution in [1.82, 2.24) is 5.43 Å². The minimum absolute atomic E-state index is 0.114. The third-order valence-corrected chi connectivity index (χ3v) is 3.61. The molecule has 0 aliphatic heterocycles. The molecule has 2 rings (SSSR count). The standard InChI is InChI=1S/C14H15Cl2N3/c15-10-5-6-12(16)9(7-10)8-14(19-18)11-3-1-2-4-13(11)17/h1-7,14,19H,8,17-18H2. The summed E-state index contributed by atoms with van der Waals surface area (Å²) in [6.07, 6.45) is 0.615. The van der Waals surface area contributed by atoms with Gasteiger partial charge in [-0.15, -0.1) is 0 Å². The number of anilines is 1. The molecule has 1 atom stereocenters. The molecule has 0 saturated carbocycles. The lowest BCUT2D eigenvalue weighted by Gasteiger charge is -2.19. The normalized spacial score (nSPS) is 12.4. The fourth-order valence-corrected chi connectivity index (χ4v) is 2.40. The number of nitrogens with two attached hydrogens (primary N) is 2. The number of halogens is 2. The van der Waals surface area contributed by atoms with Gasteiger partial charge in [-0.2, -0.15) is 0 Å². The summed E-state index contributed by atoms with van der Waals surface area (Å²) in [4.78, 5) is 0. The van der Waals surface area contributed by atoms with Crippen LogP contribution in [0.25, 0.3) is 0 Å². The predicted molar refractivity (Wildman–Crippen MR) is 81.1 cm³/mol. The van der Waals surface area contributed by atoms with Crippen LogP contribution in [0.2, 0.25) is 10.0 Å². The third kappa shape index (κ3) is 3.39. The highest BCUT2D eigenvalue weighted by Crippen LogP contribution is 2.28. The zero-order valence-corrected chi connectivity index (χ0v) is 11.7. The summed E-state index contributed by atoms with van der Waals surface area (Å²) >= 11 is 12.2. The summed E-state index contributed by atoms with van der Waals surface area (Å²) in [7, 11) is 0. The van der Waals surface area contributed by atoms with E-state index in [1.807, 2.05) is 30.3 Å². The lowest BCUT2D eigenvalue weighted by atomic mass is 9.98. The van der Waals surface area contributed by atoms with Gasteiger partial charge in [0.25, 0.3) is 0 Å². The van der Waals surface area contributed by atoms with E-state index >= 15 is 0 Å². The Kier molecular flexibility index (Phi) is 4.66. The van der Waals surface area contributed by atoms with E-state index in [-0.39, 0.29) is 6.04 Å². The molecule has 0 saturated heterocycles. The molecule has 19 heavy (non-hydrogen) atoms. The molecule has 3 nitrogen and oxygen atoms in total. The number of hydrogen-bond donors (Lipinski definition) is 3. The van der Waals surface area contributed by atoms with Gasteiger partial charge in [-0.1, -0.05) is 41.4 Å². The van der Waals surface area contributed by atoms with Gasteiger partial charge in [-0.25, -0.2) is 0 Å². The average molecular weight is 296 g/mol. The first-order valence-electron chi connectivity index (χ1n) is 5.86. The van der Waals surface area contributed by atoms with E-state index in [1.165, 1.54) is 0 Å². The van der Waals surface area contributed by atoms with E-state index in [2.05, 4.69) is 5.43 Å². The Morgan fingerprint density at radius 1 is 1.11 bits per heavy atom. The highest BCUT2D eigenvalue weighted by atomic mass is 35.5. The summed E-state index contributed by atoms with van der Waals surface area (Å²) in [6, 6.07) is 12.9. The largest absolute Gasteiger partial charge is 0.398 e. The van der Waals surface area contributed by atoms with Gasteiger partial charge < -0.3 is 5.73 Å². The van der Waals surface area contributed by atoms with Crippen molar-refractivity contribution in [1.29, 1.82) is 0 Å². The average Bonchev–Trinajstić information content (AvgIpc) is 2.41. The molecule has 5 N–H and O–H groups in total. The molecule has 0 aromatic heterocycles. The second-order valence-corrected chi connectivity index (χ2v) is 5.13. The van der Waals surface area contributed by atoms with Crippen molar-refractivity contribution in [3.05, 3.63) is 63.6 Å². The number of hydrogen-bond acceptors (Lipinski definition) is 3. The fourth-order valence-electron chi connectivity index (χ4n) is 2.01. The number of para-hydroxylation sites is 1. The zero-order valence-electron chi connectivity index (χ0n) is 10.2. The number of benzene rings is 2. The summed E-state index contributed by atoms with van der Waals surface area (Å²) in [5.74, 6) is 5.63. The summed E-state index contributed by atoms with van der Waals surface area (Å²) in [5, 5.41) is 1.32. The van der Waals surface area contributed by atoms with Crippen molar-refractivity contribution in [2.75, 3.05) is 5.73 Å². The summed E-state index contributed by atoms with van der Waals surface area (Å²) in [5.41, 5.74) is 11.3. The first kappa shape index (κ1) is 14.2. The summed E-state index contributed by atoms with van der Waals surface area (Å²) < 4.78 is 0. The van der Waals surface area contributed by atoms with E-state index in [4.69, 9.17) is 34.8 Å². The topological polar surface area (TPSA) is 64.1 Å². The van der Waals surface area contributed by atoms with E-state index in [0.29, 0.717) is 22.2 Å². The van der Waals surface area contributed by atoms with Gasteiger partial charge in [0, 0.05) is 15.7 Å². The maximum Gasteiger partial charge on any atom is 0.0521 e. The first-order chi connectivity index (χ1) is 9.11. The molecule has 2 aromatic carbocycles. The van der Waals surface area contributed by atoms with Crippen molar-refractivity contribution in [3.8, 4) is 0 Å². The van der Waals surface area contributed by atoms with Crippen LogP contribution in [0.4, 0.5) is 5.69 Å². The van der Waals surface area contributed by atoms with E-state index < -0.39 is 0 Å². The second-order valence-electron chi connectivity index (χ2n) is 4.29. The van der Waals surface area contributed by atoms with Crippen molar-refractivity contribution >= 4 is 28.9 Å². The van der Waals surface area contributed by atoms with Gasteiger partial charge in [0.2, 0.25) is 0 Å². The molecule has 0 amide bonds. The zero-order chi connectivity index (χ0) is 13.8. The highest BCUT2D eigenvalue weighted by Gasteiger charge is 2.15. The van der Waals surface area contributed by atoms with Gasteiger partial charge in [-0.05, 0) is 41.8 Å². The molecule has 0 fully saturated rings. The van der Waals surface area contributed by atoms with Crippen LogP contribution in [0.3, 0.4) is 0 Å². The number of nitrogens with one attached hydrogen (secondary N) is 1. The van der Waals surface area contributed by atoms with Crippen LogP contribution in [0.5, 0.6) is 0 Å². The fraction of sp³-hybridized carbons (Fsp3) is 0.143. The lowest BCUT2D eigenvalue weighted by molar-refractivity contribution is 0.553. The van der Waals surface area contributed by atoms with Crippen LogP contribution in [0, 0.1) is 0 Å². The predicted octanol–water partition coefficient (Wildman–Crippen LogP) is 3.32. The molecule has 2 aromatic rings. The van der Waals surface area contributed by atoms with E-state index in [0.717, 1.165) is 11.1 Å². The SMILES string of the molecule is NNC(Cc1cc(Cl)ccc1Cl)c1ccccc1N. The molecule has 0 aliphatic carbocycles. The number of hydrazine groups is 1. The maximum atomic E-state index is 6.17. The Morgan fingerprint density at radius 2 is 1.84 bits per heavy atom. The Morgan fingerprint density at radius 3 is 2.53 bits per heavy atom. The summed E-state index contributed by atoms with van der Waals surface area (Å²) in [6.45, 7) is 0. The molecule has 0 heterocycles. The van der Waals surface area contributed by atoms with Crippen LogP contribution in [-0.4, -0.2) is 0 Å². The molecule has 0 aliphatic rings. The van der Waals surface area contributed by atoms with Crippen molar-refractivity contribution in [2.45, 2.75) is 12.5 Å². The highest BCUT2D eigenvalue weighted by molar-refractivity contribution is 6.33. The Labute approximate surface area is 122 Å². The molecule has 0 bridgehead atoms. The van der Waals surface area contributed by atoms with Gasteiger partial charge in [-0.3, -0.25) is 11.3 Å².